The molecular weight excluding hydrogens is 272 g/mol. The number of nitrogens with one attached hydrogen (secondary N) is 2. The van der Waals surface area contributed by atoms with Crippen molar-refractivity contribution in [1.29, 1.82) is 0 Å². The van der Waals surface area contributed by atoms with Crippen LogP contribution in [0.15, 0.2) is 42.5 Å². The maximum Gasteiger partial charge on any atom is 0.222 e. The van der Waals surface area contributed by atoms with Gasteiger partial charge in [0.1, 0.15) is 0 Å². The Kier molecular flexibility index (Phi) is 5.59. The summed E-state index contributed by atoms with van der Waals surface area (Å²) in [6, 6.07) is 14.4. The number of hydrogen-bond acceptors (Lipinski definition) is 2. The van der Waals surface area contributed by atoms with Crippen LogP contribution in [0.2, 0.25) is 0 Å². The monoisotopic (exact) mass is 296 g/mol. The number of rotatable bonds is 6. The van der Waals surface area contributed by atoms with Crippen LogP contribution in [0, 0.1) is 20.8 Å². The molecule has 0 fully saturated rings. The first-order valence-corrected chi connectivity index (χ1v) is 7.68. The van der Waals surface area contributed by atoms with Crippen LogP contribution in [0.1, 0.15) is 28.7 Å². The van der Waals surface area contributed by atoms with Crippen LogP contribution in [-0.4, -0.2) is 12.5 Å². The van der Waals surface area contributed by atoms with Crippen LogP contribution in [0.5, 0.6) is 0 Å². The Balaban J connectivity index is 1.74. The van der Waals surface area contributed by atoms with Gasteiger partial charge in [-0.25, -0.2) is 0 Å². The normalized spacial score (nSPS) is 10.3. The highest BCUT2D eigenvalue weighted by Crippen LogP contribution is 2.14. The van der Waals surface area contributed by atoms with Crippen molar-refractivity contribution in [3.05, 3.63) is 64.7 Å². The number of amides is 1. The molecule has 0 radical (unpaired) electrons. The second-order valence-corrected chi connectivity index (χ2v) is 5.68. The minimum atomic E-state index is 0.0691. The highest BCUT2D eigenvalue weighted by molar-refractivity contribution is 5.76. The molecule has 116 valence electrons. The number of carbonyl (C=O) groups is 1. The molecule has 1 amide bonds. The van der Waals surface area contributed by atoms with Gasteiger partial charge in [0.2, 0.25) is 5.91 Å². The molecule has 0 atom stereocenters. The highest BCUT2D eigenvalue weighted by Gasteiger charge is 2.03. The summed E-state index contributed by atoms with van der Waals surface area (Å²) in [4.78, 5) is 11.9. The molecule has 0 saturated carbocycles. The van der Waals surface area contributed by atoms with Crippen LogP contribution < -0.4 is 10.6 Å². The molecule has 0 spiro atoms. The maximum atomic E-state index is 11.9. The van der Waals surface area contributed by atoms with Gasteiger partial charge < -0.3 is 10.6 Å². The molecule has 2 aromatic carbocycles. The Morgan fingerprint density at radius 2 is 1.73 bits per heavy atom. The van der Waals surface area contributed by atoms with Gasteiger partial charge in [0.05, 0.1) is 0 Å². The summed E-state index contributed by atoms with van der Waals surface area (Å²) >= 11 is 0. The van der Waals surface area contributed by atoms with Crippen molar-refractivity contribution in [2.24, 2.45) is 0 Å². The predicted octanol–water partition coefficient (Wildman–Crippen LogP) is 3.73. The third-order valence-corrected chi connectivity index (χ3v) is 3.93. The lowest BCUT2D eigenvalue weighted by atomic mass is 10.1. The quantitative estimate of drug-likeness (QED) is 0.853. The van der Waals surface area contributed by atoms with E-state index in [1.165, 1.54) is 16.7 Å². The molecule has 0 aliphatic carbocycles. The maximum absolute atomic E-state index is 11.9. The van der Waals surface area contributed by atoms with E-state index >= 15 is 0 Å². The van der Waals surface area contributed by atoms with Crippen molar-refractivity contribution in [3.63, 3.8) is 0 Å². The first-order chi connectivity index (χ1) is 10.6. The molecule has 2 aromatic rings. The molecule has 0 heterocycles. The second-order valence-electron chi connectivity index (χ2n) is 5.68. The summed E-state index contributed by atoms with van der Waals surface area (Å²) in [6.07, 6.45) is 0.471. The third-order valence-electron chi connectivity index (χ3n) is 3.93. The van der Waals surface area contributed by atoms with Gasteiger partial charge in [0, 0.05) is 25.2 Å². The van der Waals surface area contributed by atoms with Gasteiger partial charge >= 0.3 is 0 Å². The Bertz CT molecular complexity index is 650. The molecular formula is C19H24N2O. The largest absolute Gasteiger partial charge is 0.385 e. The molecule has 22 heavy (non-hydrogen) atoms. The number of anilines is 1. The van der Waals surface area contributed by atoms with Gasteiger partial charge in [-0.2, -0.15) is 0 Å². The lowest BCUT2D eigenvalue weighted by Gasteiger charge is -2.10. The Hall–Kier alpha value is -2.29. The first kappa shape index (κ1) is 16.1. The molecule has 0 aromatic heterocycles. The van der Waals surface area contributed by atoms with E-state index in [1.807, 2.05) is 24.3 Å². The summed E-state index contributed by atoms with van der Waals surface area (Å²) in [5, 5.41) is 6.26. The van der Waals surface area contributed by atoms with E-state index < -0.39 is 0 Å². The van der Waals surface area contributed by atoms with E-state index in [4.69, 9.17) is 0 Å². The third kappa shape index (κ3) is 4.62. The Labute approximate surface area is 132 Å². The fourth-order valence-corrected chi connectivity index (χ4v) is 2.26. The molecule has 0 saturated heterocycles. The minimum absolute atomic E-state index is 0.0691. The Morgan fingerprint density at radius 1 is 0.955 bits per heavy atom. The van der Waals surface area contributed by atoms with Crippen molar-refractivity contribution < 1.29 is 4.79 Å². The molecule has 3 heteroatoms. The van der Waals surface area contributed by atoms with Crippen molar-refractivity contribution >= 4 is 11.6 Å². The summed E-state index contributed by atoms with van der Waals surface area (Å²) < 4.78 is 0. The molecule has 2 rings (SSSR count). The molecule has 3 nitrogen and oxygen atoms in total. The zero-order valence-corrected chi connectivity index (χ0v) is 13.6. The van der Waals surface area contributed by atoms with E-state index in [0.29, 0.717) is 19.5 Å². The van der Waals surface area contributed by atoms with Gasteiger partial charge in [-0.15, -0.1) is 0 Å². The lowest BCUT2D eigenvalue weighted by molar-refractivity contribution is -0.121. The number of aryl methyl sites for hydroxylation is 3. The van der Waals surface area contributed by atoms with Crippen LogP contribution in [0.4, 0.5) is 5.69 Å². The second kappa shape index (κ2) is 7.64. The molecule has 2 N–H and O–H groups in total. The smallest absolute Gasteiger partial charge is 0.222 e. The standard InChI is InChI=1S/C19H24N2O/c1-14-8-9-18(12-16(14)3)20-11-10-19(22)21-13-17-7-5-4-6-15(17)2/h4-9,12,20H,10-11,13H2,1-3H3,(H,21,22). The van der Waals surface area contributed by atoms with Gasteiger partial charge in [-0.1, -0.05) is 30.3 Å². The molecule has 0 unspecified atom stereocenters. The summed E-state index contributed by atoms with van der Waals surface area (Å²) in [6.45, 7) is 7.48. The summed E-state index contributed by atoms with van der Waals surface area (Å²) in [7, 11) is 0. The molecule has 0 aliphatic rings. The zero-order valence-electron chi connectivity index (χ0n) is 13.6. The first-order valence-electron chi connectivity index (χ1n) is 7.68. The van der Waals surface area contributed by atoms with Crippen LogP contribution in [-0.2, 0) is 11.3 Å². The van der Waals surface area contributed by atoms with Gasteiger partial charge in [-0.3, -0.25) is 4.79 Å². The van der Waals surface area contributed by atoms with Gasteiger partial charge in [0.15, 0.2) is 0 Å². The number of carbonyl (C=O) groups excluding carboxylic acids is 1. The van der Waals surface area contributed by atoms with Crippen molar-refractivity contribution in [1.82, 2.24) is 5.32 Å². The van der Waals surface area contributed by atoms with E-state index in [0.717, 1.165) is 11.3 Å². The molecule has 0 bridgehead atoms. The van der Waals surface area contributed by atoms with Crippen molar-refractivity contribution in [2.75, 3.05) is 11.9 Å². The van der Waals surface area contributed by atoms with E-state index in [-0.39, 0.29) is 5.91 Å². The minimum Gasteiger partial charge on any atom is -0.385 e. The van der Waals surface area contributed by atoms with Crippen LogP contribution in [0.25, 0.3) is 0 Å². The zero-order chi connectivity index (χ0) is 15.9. The lowest BCUT2D eigenvalue weighted by Crippen LogP contribution is -2.25. The van der Waals surface area contributed by atoms with Gasteiger partial charge in [-0.05, 0) is 55.2 Å². The van der Waals surface area contributed by atoms with E-state index in [1.54, 1.807) is 0 Å². The number of benzene rings is 2. The topological polar surface area (TPSA) is 41.1 Å². The fourth-order valence-electron chi connectivity index (χ4n) is 2.26. The molecule has 0 aliphatic heterocycles. The summed E-state index contributed by atoms with van der Waals surface area (Å²) in [5.74, 6) is 0.0691. The SMILES string of the molecule is Cc1ccc(NCCC(=O)NCc2ccccc2C)cc1C. The Morgan fingerprint density at radius 3 is 2.45 bits per heavy atom. The van der Waals surface area contributed by atoms with Crippen LogP contribution in [0.3, 0.4) is 0 Å². The van der Waals surface area contributed by atoms with Crippen molar-refractivity contribution in [3.8, 4) is 0 Å². The van der Waals surface area contributed by atoms with E-state index in [9.17, 15) is 4.79 Å². The number of hydrogen-bond donors (Lipinski definition) is 2. The average Bonchev–Trinajstić information content (AvgIpc) is 2.50. The summed E-state index contributed by atoms with van der Waals surface area (Å²) in [5.41, 5.74) is 5.97. The van der Waals surface area contributed by atoms with E-state index in [2.05, 4.69) is 49.6 Å². The highest BCUT2D eigenvalue weighted by atomic mass is 16.1. The predicted molar refractivity (Wildman–Crippen MR) is 92.0 cm³/mol. The van der Waals surface area contributed by atoms with Crippen molar-refractivity contribution in [2.45, 2.75) is 33.7 Å². The van der Waals surface area contributed by atoms with Crippen LogP contribution >= 0.6 is 0 Å². The van der Waals surface area contributed by atoms with Gasteiger partial charge in [0.25, 0.3) is 0 Å². The fraction of sp³-hybridized carbons (Fsp3) is 0.316. The average molecular weight is 296 g/mol.